The van der Waals surface area contributed by atoms with Crippen LogP contribution >= 0.6 is 0 Å². The summed E-state index contributed by atoms with van der Waals surface area (Å²) in [7, 11) is -3.76. The van der Waals surface area contributed by atoms with Crippen LogP contribution in [-0.4, -0.2) is 41.4 Å². The molecule has 98 valence electrons. The van der Waals surface area contributed by atoms with Gasteiger partial charge in [-0.15, -0.1) is 0 Å². The van der Waals surface area contributed by atoms with Crippen LogP contribution in [0.5, 0.6) is 0 Å². The van der Waals surface area contributed by atoms with Crippen LogP contribution in [0.15, 0.2) is 29.2 Å². The second-order valence-corrected chi connectivity index (χ2v) is 6.46. The van der Waals surface area contributed by atoms with Crippen LogP contribution in [0, 0.1) is 10.1 Å². The van der Waals surface area contributed by atoms with Crippen molar-refractivity contribution in [1.82, 2.24) is 4.31 Å². The molecular formula is C10H12N2O5S. The number of benzene rings is 1. The third-order valence-corrected chi connectivity index (χ3v) is 4.49. The van der Waals surface area contributed by atoms with E-state index in [0.29, 0.717) is 0 Å². The fourth-order valence-corrected chi connectivity index (χ4v) is 3.50. The largest absolute Gasteiger partial charge is 0.387 e. The van der Waals surface area contributed by atoms with Crippen molar-refractivity contribution in [3.05, 3.63) is 34.4 Å². The maximum Gasteiger partial charge on any atom is 0.270 e. The molecule has 0 spiro atoms. The van der Waals surface area contributed by atoms with Gasteiger partial charge in [0, 0.05) is 25.2 Å². The Morgan fingerprint density at radius 1 is 1.44 bits per heavy atom. The van der Waals surface area contributed by atoms with Gasteiger partial charge in [-0.3, -0.25) is 10.1 Å². The molecule has 1 N–H and O–H groups in total. The number of nitrogens with zero attached hydrogens (tertiary/aromatic N) is 2. The standard InChI is InChI=1S/C10H12N2O5S/c1-10(13)6-11(7-10)18(16,17)9-4-2-3-8(5-9)12(14)15/h2-5,13H,6-7H2,1H3. The van der Waals surface area contributed by atoms with Gasteiger partial charge in [0.1, 0.15) is 0 Å². The van der Waals surface area contributed by atoms with Gasteiger partial charge in [-0.05, 0) is 13.0 Å². The molecule has 1 fully saturated rings. The zero-order valence-electron chi connectivity index (χ0n) is 9.61. The monoisotopic (exact) mass is 272 g/mol. The first-order chi connectivity index (χ1) is 8.22. The molecule has 0 radical (unpaired) electrons. The van der Waals surface area contributed by atoms with Gasteiger partial charge in [0.25, 0.3) is 5.69 Å². The molecule has 18 heavy (non-hydrogen) atoms. The maximum absolute atomic E-state index is 12.1. The minimum absolute atomic E-state index is 0.00196. The Hall–Kier alpha value is -1.51. The molecule has 0 aliphatic carbocycles. The number of hydrogen-bond acceptors (Lipinski definition) is 5. The first-order valence-electron chi connectivity index (χ1n) is 5.19. The molecule has 1 aromatic rings. The molecule has 2 rings (SSSR count). The van der Waals surface area contributed by atoms with Crippen LogP contribution < -0.4 is 0 Å². The molecule has 1 aliphatic heterocycles. The predicted molar refractivity (Wildman–Crippen MR) is 62.5 cm³/mol. The first kappa shape index (κ1) is 12.9. The summed E-state index contributed by atoms with van der Waals surface area (Å²) in [5.41, 5.74) is -1.29. The minimum Gasteiger partial charge on any atom is -0.387 e. The molecule has 1 aliphatic rings. The van der Waals surface area contributed by atoms with Gasteiger partial charge in [0.05, 0.1) is 15.4 Å². The second-order valence-electron chi connectivity index (χ2n) is 4.52. The summed E-state index contributed by atoms with van der Waals surface area (Å²) in [5.74, 6) is 0. The van der Waals surface area contributed by atoms with Gasteiger partial charge in [-0.1, -0.05) is 6.07 Å². The smallest absolute Gasteiger partial charge is 0.270 e. The zero-order valence-corrected chi connectivity index (χ0v) is 10.4. The highest BCUT2D eigenvalue weighted by atomic mass is 32.2. The average Bonchev–Trinajstić information content (AvgIpc) is 2.26. The van der Waals surface area contributed by atoms with Crippen molar-refractivity contribution in [2.75, 3.05) is 13.1 Å². The summed E-state index contributed by atoms with van der Waals surface area (Å²) < 4.78 is 25.2. The zero-order chi connectivity index (χ0) is 13.6. The number of sulfonamides is 1. The van der Waals surface area contributed by atoms with Crippen LogP contribution in [0.2, 0.25) is 0 Å². The van der Waals surface area contributed by atoms with Crippen LogP contribution in [0.4, 0.5) is 5.69 Å². The molecule has 0 bridgehead atoms. The van der Waals surface area contributed by atoms with Crippen molar-refractivity contribution >= 4 is 15.7 Å². The van der Waals surface area contributed by atoms with Gasteiger partial charge in [0.2, 0.25) is 10.0 Å². The normalized spacial score (nSPS) is 19.2. The van der Waals surface area contributed by atoms with Gasteiger partial charge in [-0.2, -0.15) is 4.31 Å². The summed E-state index contributed by atoms with van der Waals surface area (Å²) >= 11 is 0. The number of β-amino-alcohol motifs (C(OH)–C–C–N with tert-alkyl or cyclic N) is 1. The Morgan fingerprint density at radius 2 is 2.06 bits per heavy atom. The van der Waals surface area contributed by atoms with E-state index < -0.39 is 20.5 Å². The van der Waals surface area contributed by atoms with Crippen molar-refractivity contribution in [2.45, 2.75) is 17.4 Å². The van der Waals surface area contributed by atoms with E-state index in [9.17, 15) is 23.6 Å². The van der Waals surface area contributed by atoms with E-state index in [0.717, 1.165) is 10.4 Å². The highest BCUT2D eigenvalue weighted by Crippen LogP contribution is 2.28. The van der Waals surface area contributed by atoms with Crippen molar-refractivity contribution in [3.63, 3.8) is 0 Å². The van der Waals surface area contributed by atoms with Gasteiger partial charge in [-0.25, -0.2) is 8.42 Å². The maximum atomic E-state index is 12.1. The second kappa shape index (κ2) is 4.01. The molecule has 7 nitrogen and oxygen atoms in total. The van der Waals surface area contributed by atoms with E-state index in [4.69, 9.17) is 0 Å². The molecular weight excluding hydrogens is 260 g/mol. The lowest BCUT2D eigenvalue weighted by atomic mass is 10.0. The van der Waals surface area contributed by atoms with Crippen LogP contribution in [0.25, 0.3) is 0 Å². The van der Waals surface area contributed by atoms with Crippen molar-refractivity contribution in [2.24, 2.45) is 0 Å². The summed E-state index contributed by atoms with van der Waals surface area (Å²) in [6.45, 7) is 1.53. The number of non-ortho nitro benzene ring substituents is 1. The molecule has 0 saturated carbocycles. The van der Waals surface area contributed by atoms with E-state index in [1.807, 2.05) is 0 Å². The van der Waals surface area contributed by atoms with Crippen LogP contribution in [0.1, 0.15) is 6.92 Å². The Kier molecular flexibility index (Phi) is 2.88. The topological polar surface area (TPSA) is 101 Å². The van der Waals surface area contributed by atoms with E-state index in [1.165, 1.54) is 25.1 Å². The summed E-state index contributed by atoms with van der Waals surface area (Å²) in [4.78, 5) is 9.81. The minimum atomic E-state index is -3.76. The fourth-order valence-electron chi connectivity index (χ4n) is 1.79. The number of hydrogen-bond donors (Lipinski definition) is 1. The van der Waals surface area contributed by atoms with E-state index in [2.05, 4.69) is 0 Å². The molecule has 1 heterocycles. The Bertz CT molecular complexity index is 588. The third kappa shape index (κ3) is 2.22. The lowest BCUT2D eigenvalue weighted by molar-refractivity contribution is -0.385. The highest BCUT2D eigenvalue weighted by molar-refractivity contribution is 7.89. The van der Waals surface area contributed by atoms with Gasteiger partial charge < -0.3 is 5.11 Å². The molecule has 0 aromatic heterocycles. The van der Waals surface area contributed by atoms with E-state index in [1.54, 1.807) is 0 Å². The quantitative estimate of drug-likeness (QED) is 0.632. The summed E-state index contributed by atoms with van der Waals surface area (Å²) in [6.07, 6.45) is 0. The Labute approximate surface area is 104 Å². The van der Waals surface area contributed by atoms with Crippen molar-refractivity contribution in [3.8, 4) is 0 Å². The van der Waals surface area contributed by atoms with E-state index in [-0.39, 0.29) is 23.7 Å². The SMILES string of the molecule is CC1(O)CN(S(=O)(=O)c2cccc([N+](=O)[O-])c2)C1. The third-order valence-electron chi connectivity index (χ3n) is 2.70. The van der Waals surface area contributed by atoms with E-state index >= 15 is 0 Å². The molecule has 8 heteroatoms. The van der Waals surface area contributed by atoms with Crippen LogP contribution in [0.3, 0.4) is 0 Å². The number of aliphatic hydroxyl groups is 1. The molecule has 0 atom stereocenters. The van der Waals surface area contributed by atoms with Crippen molar-refractivity contribution < 1.29 is 18.4 Å². The molecule has 0 amide bonds. The number of rotatable bonds is 3. The summed E-state index contributed by atoms with van der Waals surface area (Å²) in [6, 6.07) is 4.87. The van der Waals surface area contributed by atoms with Gasteiger partial charge >= 0.3 is 0 Å². The average molecular weight is 272 g/mol. The Morgan fingerprint density at radius 3 is 2.56 bits per heavy atom. The molecule has 0 unspecified atom stereocenters. The predicted octanol–water partition coefficient (Wildman–Crippen LogP) is 0.350. The summed E-state index contributed by atoms with van der Waals surface area (Å²) in [5, 5.41) is 20.1. The molecule has 1 aromatic carbocycles. The lowest BCUT2D eigenvalue weighted by Gasteiger charge is -2.42. The van der Waals surface area contributed by atoms with Crippen LogP contribution in [-0.2, 0) is 10.0 Å². The first-order valence-corrected chi connectivity index (χ1v) is 6.63. The lowest BCUT2D eigenvalue weighted by Crippen LogP contribution is -2.61. The van der Waals surface area contributed by atoms with Gasteiger partial charge in [0.15, 0.2) is 0 Å². The Balaban J connectivity index is 2.31. The number of nitro groups is 1. The fraction of sp³-hybridized carbons (Fsp3) is 0.400. The highest BCUT2D eigenvalue weighted by Gasteiger charge is 2.44. The van der Waals surface area contributed by atoms with Crippen molar-refractivity contribution in [1.29, 1.82) is 0 Å². The molecule has 1 saturated heterocycles. The number of nitro benzene ring substituents is 1.